The van der Waals surface area contributed by atoms with Crippen LogP contribution >= 0.6 is 0 Å². The van der Waals surface area contributed by atoms with Gasteiger partial charge in [0.1, 0.15) is 0 Å². The molecule has 0 bridgehead atoms. The van der Waals surface area contributed by atoms with Gasteiger partial charge in [-0.3, -0.25) is 0 Å². The standard InChI is InChI=1S/C13H17N/c1-9-6-11(8-14)7-10(2)12(9)13(3,4)5/h6-7H,1-5H3. The Bertz CT molecular complexity index is 366. The van der Waals surface area contributed by atoms with Crippen LogP contribution in [0.1, 0.15) is 43.0 Å². The van der Waals surface area contributed by atoms with Crippen LogP contribution in [0.3, 0.4) is 0 Å². The molecular formula is C13H17N. The van der Waals surface area contributed by atoms with E-state index in [0.717, 1.165) is 5.56 Å². The van der Waals surface area contributed by atoms with Gasteiger partial charge in [0, 0.05) is 0 Å². The van der Waals surface area contributed by atoms with Gasteiger partial charge in [-0.25, -0.2) is 0 Å². The molecule has 0 amide bonds. The number of rotatable bonds is 0. The van der Waals surface area contributed by atoms with Gasteiger partial charge in [0.2, 0.25) is 0 Å². The quantitative estimate of drug-likeness (QED) is 0.610. The van der Waals surface area contributed by atoms with Crippen LogP contribution in [0.25, 0.3) is 0 Å². The third-order valence-electron chi connectivity index (χ3n) is 2.41. The van der Waals surface area contributed by atoms with Gasteiger partial charge in [0.25, 0.3) is 0 Å². The highest BCUT2D eigenvalue weighted by atomic mass is 14.3. The lowest BCUT2D eigenvalue weighted by Crippen LogP contribution is -2.15. The van der Waals surface area contributed by atoms with E-state index < -0.39 is 0 Å². The van der Waals surface area contributed by atoms with Crippen molar-refractivity contribution in [1.29, 1.82) is 5.26 Å². The molecular weight excluding hydrogens is 170 g/mol. The highest BCUT2D eigenvalue weighted by Gasteiger charge is 2.18. The Labute approximate surface area is 86.4 Å². The van der Waals surface area contributed by atoms with E-state index in [9.17, 15) is 0 Å². The first kappa shape index (κ1) is 10.8. The van der Waals surface area contributed by atoms with Crippen molar-refractivity contribution < 1.29 is 0 Å². The molecule has 0 aliphatic carbocycles. The highest BCUT2D eigenvalue weighted by molar-refractivity contribution is 5.45. The molecule has 0 aromatic heterocycles. The molecule has 0 N–H and O–H groups in total. The maximum Gasteiger partial charge on any atom is 0.0991 e. The van der Waals surface area contributed by atoms with Crippen molar-refractivity contribution in [2.24, 2.45) is 0 Å². The first-order valence-corrected chi connectivity index (χ1v) is 4.88. The minimum absolute atomic E-state index is 0.155. The van der Waals surface area contributed by atoms with E-state index in [1.54, 1.807) is 0 Å². The number of aryl methyl sites for hydroxylation is 2. The van der Waals surface area contributed by atoms with E-state index in [2.05, 4.69) is 40.7 Å². The lowest BCUT2D eigenvalue weighted by Gasteiger charge is -2.24. The predicted molar refractivity (Wildman–Crippen MR) is 59.3 cm³/mol. The summed E-state index contributed by atoms with van der Waals surface area (Å²) < 4.78 is 0. The van der Waals surface area contributed by atoms with Crippen molar-refractivity contribution in [1.82, 2.24) is 0 Å². The van der Waals surface area contributed by atoms with Crippen molar-refractivity contribution >= 4 is 0 Å². The second-order valence-electron chi connectivity index (χ2n) is 4.85. The minimum atomic E-state index is 0.155. The van der Waals surface area contributed by atoms with Crippen LogP contribution in [0.2, 0.25) is 0 Å². The Morgan fingerprint density at radius 2 is 1.50 bits per heavy atom. The Morgan fingerprint density at radius 1 is 1.07 bits per heavy atom. The molecule has 0 fully saturated rings. The number of benzene rings is 1. The van der Waals surface area contributed by atoms with Crippen molar-refractivity contribution in [3.63, 3.8) is 0 Å². The summed E-state index contributed by atoms with van der Waals surface area (Å²) in [4.78, 5) is 0. The molecule has 0 atom stereocenters. The molecule has 0 spiro atoms. The Morgan fingerprint density at radius 3 is 1.79 bits per heavy atom. The Kier molecular flexibility index (Phi) is 2.66. The summed E-state index contributed by atoms with van der Waals surface area (Å²) in [6.07, 6.45) is 0. The zero-order chi connectivity index (χ0) is 10.9. The van der Waals surface area contributed by atoms with E-state index in [0.29, 0.717) is 0 Å². The molecule has 0 aliphatic rings. The molecule has 1 aromatic carbocycles. The van der Waals surface area contributed by atoms with E-state index >= 15 is 0 Å². The summed E-state index contributed by atoms with van der Waals surface area (Å²) in [6, 6.07) is 6.12. The van der Waals surface area contributed by atoms with E-state index in [-0.39, 0.29) is 5.41 Å². The molecule has 1 rings (SSSR count). The average Bonchev–Trinajstić information content (AvgIpc) is 1.99. The predicted octanol–water partition coefficient (Wildman–Crippen LogP) is 3.47. The molecule has 14 heavy (non-hydrogen) atoms. The van der Waals surface area contributed by atoms with Crippen LogP contribution in [0.15, 0.2) is 12.1 Å². The highest BCUT2D eigenvalue weighted by Crippen LogP contribution is 2.29. The number of hydrogen-bond acceptors (Lipinski definition) is 1. The normalized spacial score (nSPS) is 11.1. The van der Waals surface area contributed by atoms with Crippen LogP contribution in [-0.4, -0.2) is 0 Å². The zero-order valence-corrected chi connectivity index (χ0v) is 9.60. The van der Waals surface area contributed by atoms with Gasteiger partial charge < -0.3 is 0 Å². The summed E-state index contributed by atoms with van der Waals surface area (Å²) in [6.45, 7) is 10.8. The van der Waals surface area contributed by atoms with Gasteiger partial charge >= 0.3 is 0 Å². The third kappa shape index (κ3) is 1.96. The van der Waals surface area contributed by atoms with Gasteiger partial charge in [-0.15, -0.1) is 0 Å². The van der Waals surface area contributed by atoms with Gasteiger partial charge in [0.05, 0.1) is 11.6 Å². The summed E-state index contributed by atoms with van der Waals surface area (Å²) in [7, 11) is 0. The maximum absolute atomic E-state index is 8.83. The Hall–Kier alpha value is -1.29. The lowest BCUT2D eigenvalue weighted by molar-refractivity contribution is 0.582. The molecule has 0 unspecified atom stereocenters. The van der Waals surface area contributed by atoms with Gasteiger partial charge in [-0.2, -0.15) is 5.26 Å². The molecule has 74 valence electrons. The molecule has 1 aromatic rings. The molecule has 1 nitrogen and oxygen atoms in total. The topological polar surface area (TPSA) is 23.8 Å². The first-order valence-electron chi connectivity index (χ1n) is 4.88. The van der Waals surface area contributed by atoms with Crippen LogP contribution < -0.4 is 0 Å². The number of nitrogens with zero attached hydrogens (tertiary/aromatic N) is 1. The van der Waals surface area contributed by atoms with Crippen molar-refractivity contribution in [2.45, 2.75) is 40.0 Å². The first-order chi connectivity index (χ1) is 6.36. The fourth-order valence-electron chi connectivity index (χ4n) is 2.21. The van der Waals surface area contributed by atoms with Crippen LogP contribution in [0.4, 0.5) is 0 Å². The van der Waals surface area contributed by atoms with Gasteiger partial charge in [-0.1, -0.05) is 20.8 Å². The number of hydrogen-bond donors (Lipinski definition) is 0. The summed E-state index contributed by atoms with van der Waals surface area (Å²) >= 11 is 0. The van der Waals surface area contributed by atoms with Crippen molar-refractivity contribution in [3.05, 3.63) is 34.4 Å². The third-order valence-corrected chi connectivity index (χ3v) is 2.41. The van der Waals surface area contributed by atoms with Crippen LogP contribution in [-0.2, 0) is 5.41 Å². The average molecular weight is 187 g/mol. The Balaban J connectivity index is 3.42. The molecule has 0 aliphatic heterocycles. The lowest BCUT2D eigenvalue weighted by atomic mass is 9.80. The molecule has 0 saturated carbocycles. The number of nitriles is 1. The van der Waals surface area contributed by atoms with E-state index in [4.69, 9.17) is 5.26 Å². The monoisotopic (exact) mass is 187 g/mol. The second kappa shape index (κ2) is 3.46. The molecule has 0 heterocycles. The smallest absolute Gasteiger partial charge is 0.0991 e. The molecule has 0 saturated heterocycles. The second-order valence-corrected chi connectivity index (χ2v) is 4.85. The summed E-state index contributed by atoms with van der Waals surface area (Å²) in [5.41, 5.74) is 4.70. The fraction of sp³-hybridized carbons (Fsp3) is 0.462. The molecule has 0 radical (unpaired) electrons. The van der Waals surface area contributed by atoms with Crippen molar-refractivity contribution in [2.75, 3.05) is 0 Å². The van der Waals surface area contributed by atoms with Gasteiger partial charge in [0.15, 0.2) is 0 Å². The van der Waals surface area contributed by atoms with E-state index in [1.807, 2.05) is 12.1 Å². The van der Waals surface area contributed by atoms with Gasteiger partial charge in [-0.05, 0) is 48.1 Å². The van der Waals surface area contributed by atoms with Crippen molar-refractivity contribution in [3.8, 4) is 6.07 Å². The van der Waals surface area contributed by atoms with Crippen LogP contribution in [0.5, 0.6) is 0 Å². The minimum Gasteiger partial charge on any atom is -0.192 e. The SMILES string of the molecule is Cc1cc(C#N)cc(C)c1C(C)(C)C. The van der Waals surface area contributed by atoms with E-state index in [1.165, 1.54) is 16.7 Å². The summed E-state index contributed by atoms with van der Waals surface area (Å²) in [5, 5.41) is 8.83. The fourth-order valence-corrected chi connectivity index (χ4v) is 2.21. The zero-order valence-electron chi connectivity index (χ0n) is 9.60. The summed E-state index contributed by atoms with van der Waals surface area (Å²) in [5.74, 6) is 0. The van der Waals surface area contributed by atoms with Crippen LogP contribution in [0, 0.1) is 25.2 Å². The largest absolute Gasteiger partial charge is 0.192 e. The molecule has 1 heteroatoms. The maximum atomic E-state index is 8.83.